The van der Waals surface area contributed by atoms with Crippen LogP contribution >= 0.6 is 0 Å². The maximum absolute atomic E-state index is 11.7. The summed E-state index contributed by atoms with van der Waals surface area (Å²) >= 11 is 0. The molecule has 23 heavy (non-hydrogen) atoms. The summed E-state index contributed by atoms with van der Waals surface area (Å²) in [5.74, 6) is -1.51. The van der Waals surface area contributed by atoms with Gasteiger partial charge in [0.1, 0.15) is 0 Å². The first kappa shape index (κ1) is 16.4. The lowest BCUT2D eigenvalue weighted by Crippen LogP contribution is -2.37. The molecule has 0 aromatic heterocycles. The van der Waals surface area contributed by atoms with Gasteiger partial charge in [-0.1, -0.05) is 59.7 Å². The van der Waals surface area contributed by atoms with Crippen LogP contribution in [-0.4, -0.2) is 18.0 Å². The number of benzene rings is 2. The minimum Gasteiger partial charge on any atom is -0.344 e. The van der Waals surface area contributed by atoms with Crippen LogP contribution in [0, 0.1) is 13.8 Å². The fourth-order valence-electron chi connectivity index (χ4n) is 1.84. The van der Waals surface area contributed by atoms with Gasteiger partial charge in [-0.3, -0.25) is 9.59 Å². The van der Waals surface area contributed by atoms with Gasteiger partial charge in [0, 0.05) is 6.54 Å². The molecule has 2 amide bonds. The summed E-state index contributed by atoms with van der Waals surface area (Å²) in [6, 6.07) is 15.4. The van der Waals surface area contributed by atoms with Gasteiger partial charge in [-0.15, -0.1) is 0 Å². The van der Waals surface area contributed by atoms with E-state index in [2.05, 4.69) is 15.8 Å². The molecule has 0 aliphatic carbocycles. The van der Waals surface area contributed by atoms with Crippen molar-refractivity contribution >= 4 is 18.0 Å². The van der Waals surface area contributed by atoms with Crippen molar-refractivity contribution in [2.75, 3.05) is 0 Å². The van der Waals surface area contributed by atoms with Gasteiger partial charge < -0.3 is 5.32 Å². The zero-order valence-electron chi connectivity index (χ0n) is 13.2. The van der Waals surface area contributed by atoms with Crippen molar-refractivity contribution in [3.8, 4) is 0 Å². The SMILES string of the molecule is Cc1ccc(/C=N\NC(=O)C(=O)NCc2ccc(C)cc2)cc1. The lowest BCUT2D eigenvalue weighted by molar-refractivity contribution is -0.139. The number of aryl methyl sites for hydroxylation is 2. The standard InChI is InChI=1S/C18H19N3O2/c1-13-3-7-15(8-4-13)11-19-17(22)18(23)21-20-12-16-9-5-14(2)6-10-16/h3-10,12H,11H2,1-2H3,(H,19,22)(H,21,23)/b20-12-. The molecule has 0 heterocycles. The van der Waals surface area contributed by atoms with Crippen LogP contribution in [0.4, 0.5) is 0 Å². The largest absolute Gasteiger partial charge is 0.344 e. The molecule has 0 aliphatic heterocycles. The Labute approximate surface area is 135 Å². The monoisotopic (exact) mass is 309 g/mol. The minimum absolute atomic E-state index is 0.300. The number of rotatable bonds is 4. The van der Waals surface area contributed by atoms with Crippen molar-refractivity contribution in [1.82, 2.24) is 10.7 Å². The smallest absolute Gasteiger partial charge is 0.329 e. The van der Waals surface area contributed by atoms with Crippen molar-refractivity contribution in [2.45, 2.75) is 20.4 Å². The second-order valence-electron chi connectivity index (χ2n) is 5.28. The maximum Gasteiger partial charge on any atom is 0.329 e. The van der Waals surface area contributed by atoms with Crippen LogP contribution in [0.25, 0.3) is 0 Å². The quantitative estimate of drug-likeness (QED) is 0.515. The van der Waals surface area contributed by atoms with Crippen LogP contribution in [0.3, 0.4) is 0 Å². The second kappa shape index (κ2) is 7.89. The molecule has 5 nitrogen and oxygen atoms in total. The first-order chi connectivity index (χ1) is 11.0. The first-order valence-corrected chi connectivity index (χ1v) is 7.28. The molecule has 0 radical (unpaired) electrons. The number of amides is 2. The molecular formula is C18H19N3O2. The minimum atomic E-state index is -0.791. The van der Waals surface area contributed by atoms with Gasteiger partial charge in [0.05, 0.1) is 6.21 Å². The lowest BCUT2D eigenvalue weighted by atomic mass is 10.1. The Hall–Kier alpha value is -2.95. The molecule has 0 unspecified atom stereocenters. The number of hydrogen-bond donors (Lipinski definition) is 2. The second-order valence-corrected chi connectivity index (χ2v) is 5.28. The number of hydrazone groups is 1. The summed E-state index contributed by atoms with van der Waals surface area (Å²) in [5.41, 5.74) is 6.27. The predicted octanol–water partition coefficient (Wildman–Crippen LogP) is 2.07. The van der Waals surface area contributed by atoms with Crippen LogP contribution < -0.4 is 10.7 Å². The number of nitrogens with one attached hydrogen (secondary N) is 2. The van der Waals surface area contributed by atoms with E-state index in [4.69, 9.17) is 0 Å². The Balaban J connectivity index is 1.79. The average molecular weight is 309 g/mol. The third-order valence-electron chi connectivity index (χ3n) is 3.24. The van der Waals surface area contributed by atoms with E-state index < -0.39 is 11.8 Å². The van der Waals surface area contributed by atoms with Gasteiger partial charge >= 0.3 is 11.8 Å². The Morgan fingerprint density at radius 2 is 1.48 bits per heavy atom. The van der Waals surface area contributed by atoms with E-state index in [-0.39, 0.29) is 0 Å². The molecular weight excluding hydrogens is 290 g/mol. The molecule has 0 spiro atoms. The van der Waals surface area contributed by atoms with E-state index >= 15 is 0 Å². The maximum atomic E-state index is 11.7. The molecule has 0 bridgehead atoms. The summed E-state index contributed by atoms with van der Waals surface area (Å²) < 4.78 is 0. The van der Waals surface area contributed by atoms with Crippen molar-refractivity contribution in [1.29, 1.82) is 0 Å². The van der Waals surface area contributed by atoms with Crippen LogP contribution in [-0.2, 0) is 16.1 Å². The number of carbonyl (C=O) groups is 2. The van der Waals surface area contributed by atoms with Crippen LogP contribution in [0.1, 0.15) is 22.3 Å². The number of carbonyl (C=O) groups excluding carboxylic acids is 2. The van der Waals surface area contributed by atoms with E-state index in [1.165, 1.54) is 6.21 Å². The normalized spacial score (nSPS) is 10.5. The fourth-order valence-corrected chi connectivity index (χ4v) is 1.84. The Bertz CT molecular complexity index is 704. The first-order valence-electron chi connectivity index (χ1n) is 7.28. The van der Waals surface area contributed by atoms with Crippen LogP contribution in [0.15, 0.2) is 53.6 Å². The van der Waals surface area contributed by atoms with E-state index in [1.54, 1.807) is 0 Å². The van der Waals surface area contributed by atoms with Gasteiger partial charge in [-0.25, -0.2) is 5.43 Å². The molecule has 5 heteroatoms. The average Bonchev–Trinajstić information content (AvgIpc) is 2.55. The molecule has 0 saturated carbocycles. The molecule has 2 aromatic rings. The van der Waals surface area contributed by atoms with Crippen molar-refractivity contribution < 1.29 is 9.59 Å². The predicted molar refractivity (Wildman–Crippen MR) is 89.9 cm³/mol. The molecule has 118 valence electrons. The summed E-state index contributed by atoms with van der Waals surface area (Å²) in [7, 11) is 0. The highest BCUT2D eigenvalue weighted by molar-refractivity contribution is 6.35. The van der Waals surface area contributed by atoms with Crippen LogP contribution in [0.2, 0.25) is 0 Å². The molecule has 0 fully saturated rings. The van der Waals surface area contributed by atoms with Crippen molar-refractivity contribution in [3.05, 3.63) is 70.8 Å². The Morgan fingerprint density at radius 3 is 2.09 bits per heavy atom. The molecule has 0 atom stereocenters. The zero-order chi connectivity index (χ0) is 16.7. The highest BCUT2D eigenvalue weighted by Crippen LogP contribution is 2.02. The molecule has 0 saturated heterocycles. The van der Waals surface area contributed by atoms with Gasteiger partial charge in [-0.05, 0) is 25.0 Å². The highest BCUT2D eigenvalue weighted by atomic mass is 16.2. The Morgan fingerprint density at radius 1 is 0.913 bits per heavy atom. The van der Waals surface area contributed by atoms with Crippen molar-refractivity contribution in [2.24, 2.45) is 5.10 Å². The van der Waals surface area contributed by atoms with Gasteiger partial charge in [-0.2, -0.15) is 5.10 Å². The fraction of sp³-hybridized carbons (Fsp3) is 0.167. The molecule has 2 N–H and O–H groups in total. The summed E-state index contributed by atoms with van der Waals surface area (Å²) in [6.45, 7) is 4.27. The molecule has 0 aliphatic rings. The van der Waals surface area contributed by atoms with E-state index in [0.717, 1.165) is 22.3 Å². The van der Waals surface area contributed by atoms with Crippen molar-refractivity contribution in [3.63, 3.8) is 0 Å². The summed E-state index contributed by atoms with van der Waals surface area (Å²) in [6.07, 6.45) is 1.49. The van der Waals surface area contributed by atoms with E-state index in [9.17, 15) is 9.59 Å². The van der Waals surface area contributed by atoms with Gasteiger partial charge in [0.25, 0.3) is 0 Å². The molecule has 2 rings (SSSR count). The van der Waals surface area contributed by atoms with E-state index in [1.807, 2.05) is 62.4 Å². The van der Waals surface area contributed by atoms with E-state index in [0.29, 0.717) is 6.54 Å². The zero-order valence-corrected chi connectivity index (χ0v) is 13.2. The van der Waals surface area contributed by atoms with Crippen LogP contribution in [0.5, 0.6) is 0 Å². The lowest BCUT2D eigenvalue weighted by Gasteiger charge is -2.04. The van der Waals surface area contributed by atoms with Gasteiger partial charge in [0.15, 0.2) is 0 Å². The highest BCUT2D eigenvalue weighted by Gasteiger charge is 2.11. The summed E-state index contributed by atoms with van der Waals surface area (Å²) in [4.78, 5) is 23.3. The third-order valence-corrected chi connectivity index (χ3v) is 3.24. The number of hydrogen-bond acceptors (Lipinski definition) is 3. The topological polar surface area (TPSA) is 70.6 Å². The third kappa shape index (κ3) is 5.39. The summed E-state index contributed by atoms with van der Waals surface area (Å²) in [5, 5.41) is 6.32. The molecule has 2 aromatic carbocycles. The van der Waals surface area contributed by atoms with Gasteiger partial charge in [0.2, 0.25) is 0 Å². The number of nitrogens with zero attached hydrogens (tertiary/aromatic N) is 1. The Kier molecular flexibility index (Phi) is 5.63.